The first-order valence-corrected chi connectivity index (χ1v) is 4.70. The van der Waals surface area contributed by atoms with Crippen LogP contribution in [0.15, 0.2) is 6.20 Å². The Hall–Kier alpha value is -1.32. The minimum atomic E-state index is -0.140. The second-order valence-electron chi connectivity index (χ2n) is 3.14. The topological polar surface area (TPSA) is 44.1 Å². The summed E-state index contributed by atoms with van der Waals surface area (Å²) in [6.45, 7) is 2.83. The van der Waals surface area contributed by atoms with E-state index in [-0.39, 0.29) is 5.97 Å². The van der Waals surface area contributed by atoms with Crippen LogP contribution in [0, 0.1) is 13.1 Å². The average Bonchev–Trinajstić information content (AvgIpc) is 2.58. The van der Waals surface area contributed by atoms with Gasteiger partial charge in [-0.05, 0) is 19.8 Å². The summed E-state index contributed by atoms with van der Waals surface area (Å²) in [7, 11) is 1.41. The van der Waals surface area contributed by atoms with E-state index in [0.717, 1.165) is 25.2 Å². The molecule has 0 unspecified atom stereocenters. The van der Waals surface area contributed by atoms with Crippen molar-refractivity contribution in [2.75, 3.05) is 7.11 Å². The first-order valence-electron chi connectivity index (χ1n) is 4.70. The molecular weight excluding hydrogens is 180 g/mol. The molecule has 14 heavy (non-hydrogen) atoms. The van der Waals surface area contributed by atoms with Crippen molar-refractivity contribution in [3.8, 4) is 0 Å². The zero-order chi connectivity index (χ0) is 10.4. The van der Waals surface area contributed by atoms with Crippen LogP contribution in [-0.4, -0.2) is 22.6 Å². The van der Waals surface area contributed by atoms with E-state index in [2.05, 4.69) is 15.9 Å². The van der Waals surface area contributed by atoms with Crippen LogP contribution in [0.4, 0.5) is 0 Å². The molecule has 0 aliphatic rings. The predicted molar refractivity (Wildman–Crippen MR) is 51.7 cm³/mol. The fraction of sp³-hybridized carbons (Fsp3) is 0.600. The fourth-order valence-corrected chi connectivity index (χ4v) is 1.23. The van der Waals surface area contributed by atoms with Crippen molar-refractivity contribution in [2.24, 2.45) is 0 Å². The minimum absolute atomic E-state index is 0.140. The van der Waals surface area contributed by atoms with Gasteiger partial charge < -0.3 is 9.30 Å². The largest absolute Gasteiger partial charge is 0.469 e. The summed E-state index contributed by atoms with van der Waals surface area (Å²) in [5.74, 6) is 0.821. The van der Waals surface area contributed by atoms with E-state index >= 15 is 0 Å². The zero-order valence-corrected chi connectivity index (χ0v) is 8.62. The van der Waals surface area contributed by atoms with Crippen LogP contribution in [0.1, 0.15) is 25.1 Å². The number of aryl methyl sites for hydroxylation is 2. The lowest BCUT2D eigenvalue weighted by Crippen LogP contribution is -2.02. The van der Waals surface area contributed by atoms with Gasteiger partial charge in [0.05, 0.1) is 7.11 Å². The second kappa shape index (κ2) is 5.42. The SMILES string of the molecule is COC(=O)CCCCn1c[c]nc1C. The molecule has 4 heteroatoms. The van der Waals surface area contributed by atoms with Crippen LogP contribution in [0.5, 0.6) is 0 Å². The van der Waals surface area contributed by atoms with Crippen molar-refractivity contribution < 1.29 is 9.53 Å². The van der Waals surface area contributed by atoms with Crippen LogP contribution in [0.2, 0.25) is 0 Å². The van der Waals surface area contributed by atoms with E-state index in [1.807, 2.05) is 17.7 Å². The number of unbranched alkanes of at least 4 members (excludes halogenated alkanes) is 1. The summed E-state index contributed by atoms with van der Waals surface area (Å²) < 4.78 is 6.57. The van der Waals surface area contributed by atoms with Gasteiger partial charge in [0.25, 0.3) is 0 Å². The lowest BCUT2D eigenvalue weighted by molar-refractivity contribution is -0.140. The molecule has 4 nitrogen and oxygen atoms in total. The minimum Gasteiger partial charge on any atom is -0.469 e. The molecule has 0 fully saturated rings. The maximum atomic E-state index is 10.8. The summed E-state index contributed by atoms with van der Waals surface area (Å²) in [5, 5.41) is 0. The van der Waals surface area contributed by atoms with Gasteiger partial charge in [0.15, 0.2) is 0 Å². The molecule has 1 heterocycles. The number of esters is 1. The van der Waals surface area contributed by atoms with Gasteiger partial charge in [-0.15, -0.1) is 0 Å². The van der Waals surface area contributed by atoms with Gasteiger partial charge in [-0.1, -0.05) is 0 Å². The smallest absolute Gasteiger partial charge is 0.305 e. The molecule has 0 aliphatic carbocycles. The van der Waals surface area contributed by atoms with Gasteiger partial charge in [0.2, 0.25) is 0 Å². The molecule has 77 valence electrons. The highest BCUT2D eigenvalue weighted by Crippen LogP contribution is 2.02. The number of methoxy groups -OCH3 is 1. The summed E-state index contributed by atoms with van der Waals surface area (Å²) >= 11 is 0. The Morgan fingerprint density at radius 2 is 2.43 bits per heavy atom. The van der Waals surface area contributed by atoms with Crippen molar-refractivity contribution >= 4 is 5.97 Å². The molecule has 1 aromatic rings. The predicted octanol–water partition coefficient (Wildman–Crippen LogP) is 1.34. The Bertz CT molecular complexity index is 294. The third kappa shape index (κ3) is 3.20. The van der Waals surface area contributed by atoms with E-state index in [0.29, 0.717) is 6.42 Å². The van der Waals surface area contributed by atoms with Gasteiger partial charge in [-0.25, -0.2) is 4.98 Å². The number of carbonyl (C=O) groups is 1. The molecule has 0 aliphatic heterocycles. The number of carbonyl (C=O) groups excluding carboxylic acids is 1. The highest BCUT2D eigenvalue weighted by Gasteiger charge is 2.00. The van der Waals surface area contributed by atoms with Crippen molar-refractivity contribution in [2.45, 2.75) is 32.7 Å². The van der Waals surface area contributed by atoms with Crippen LogP contribution in [0.3, 0.4) is 0 Å². The highest BCUT2D eigenvalue weighted by molar-refractivity contribution is 5.68. The summed E-state index contributed by atoms with van der Waals surface area (Å²) in [6, 6.07) is 0. The molecule has 0 spiro atoms. The first kappa shape index (κ1) is 10.8. The molecule has 0 amide bonds. The molecule has 0 N–H and O–H groups in total. The maximum absolute atomic E-state index is 10.8. The molecule has 0 saturated heterocycles. The Kier molecular flexibility index (Phi) is 4.16. The molecule has 0 aromatic carbocycles. The molecule has 0 saturated carbocycles. The molecule has 0 atom stereocenters. The van der Waals surface area contributed by atoms with E-state index in [1.165, 1.54) is 7.11 Å². The fourth-order valence-electron chi connectivity index (χ4n) is 1.23. The Morgan fingerprint density at radius 3 is 3.00 bits per heavy atom. The molecule has 1 aromatic heterocycles. The van der Waals surface area contributed by atoms with Crippen LogP contribution < -0.4 is 0 Å². The quantitative estimate of drug-likeness (QED) is 0.526. The van der Waals surface area contributed by atoms with Crippen molar-refractivity contribution in [3.05, 3.63) is 18.2 Å². The van der Waals surface area contributed by atoms with Gasteiger partial charge in [0.1, 0.15) is 12.0 Å². The van der Waals surface area contributed by atoms with Crippen LogP contribution in [-0.2, 0) is 16.1 Å². The van der Waals surface area contributed by atoms with Crippen molar-refractivity contribution in [3.63, 3.8) is 0 Å². The molecule has 1 radical (unpaired) electrons. The average molecular weight is 195 g/mol. The lowest BCUT2D eigenvalue weighted by atomic mass is 10.2. The van der Waals surface area contributed by atoms with Gasteiger partial charge in [-0.3, -0.25) is 4.79 Å². The number of imidazole rings is 1. The number of rotatable bonds is 5. The summed E-state index contributed by atoms with van der Waals surface area (Å²) in [6.07, 6.45) is 6.91. The molecule has 0 bridgehead atoms. The third-order valence-electron chi connectivity index (χ3n) is 2.11. The number of nitrogens with zero attached hydrogens (tertiary/aromatic N) is 2. The normalized spacial score (nSPS) is 10.1. The number of hydrogen-bond donors (Lipinski definition) is 0. The van der Waals surface area contributed by atoms with Crippen LogP contribution in [0.25, 0.3) is 0 Å². The Balaban J connectivity index is 2.16. The van der Waals surface area contributed by atoms with E-state index in [1.54, 1.807) is 0 Å². The summed E-state index contributed by atoms with van der Waals surface area (Å²) in [5.41, 5.74) is 0. The number of hydrogen-bond acceptors (Lipinski definition) is 3. The zero-order valence-electron chi connectivity index (χ0n) is 8.62. The molecular formula is C10H15N2O2. The Labute approximate surface area is 83.9 Å². The number of aromatic nitrogens is 2. The number of ether oxygens (including phenoxy) is 1. The lowest BCUT2D eigenvalue weighted by Gasteiger charge is -2.03. The third-order valence-corrected chi connectivity index (χ3v) is 2.11. The summed E-state index contributed by atoms with van der Waals surface area (Å²) in [4.78, 5) is 14.8. The van der Waals surface area contributed by atoms with Gasteiger partial charge >= 0.3 is 5.97 Å². The second-order valence-corrected chi connectivity index (χ2v) is 3.14. The standard InChI is InChI=1S/C10H15N2O2/c1-9-11-6-8-12(9)7-4-3-5-10(13)14-2/h8H,3-5,7H2,1-2H3. The van der Waals surface area contributed by atoms with E-state index in [9.17, 15) is 4.79 Å². The van der Waals surface area contributed by atoms with Crippen molar-refractivity contribution in [1.29, 1.82) is 0 Å². The highest BCUT2D eigenvalue weighted by atomic mass is 16.5. The first-order chi connectivity index (χ1) is 6.74. The van der Waals surface area contributed by atoms with E-state index < -0.39 is 0 Å². The van der Waals surface area contributed by atoms with Crippen molar-refractivity contribution in [1.82, 2.24) is 9.55 Å². The maximum Gasteiger partial charge on any atom is 0.305 e. The van der Waals surface area contributed by atoms with Gasteiger partial charge in [0, 0.05) is 19.2 Å². The van der Waals surface area contributed by atoms with Crippen LogP contribution >= 0.6 is 0 Å². The monoisotopic (exact) mass is 195 g/mol. The van der Waals surface area contributed by atoms with Gasteiger partial charge in [-0.2, -0.15) is 0 Å². The Morgan fingerprint density at radius 1 is 1.64 bits per heavy atom. The molecule has 1 rings (SSSR count). The van der Waals surface area contributed by atoms with E-state index in [4.69, 9.17) is 0 Å².